The molecule has 136 valence electrons. The van der Waals surface area contributed by atoms with Crippen LogP contribution >= 0.6 is 0 Å². The fourth-order valence-electron chi connectivity index (χ4n) is 3.40. The van der Waals surface area contributed by atoms with Crippen LogP contribution in [0.5, 0.6) is 0 Å². The highest BCUT2D eigenvalue weighted by Gasteiger charge is 2.29. The van der Waals surface area contributed by atoms with Gasteiger partial charge in [0.1, 0.15) is 6.10 Å². The first kappa shape index (κ1) is 17.8. The average Bonchev–Trinajstić information content (AvgIpc) is 2.79. The summed E-state index contributed by atoms with van der Waals surface area (Å²) in [5.41, 5.74) is 1.79. The highest BCUT2D eigenvalue weighted by atomic mass is 16.5. The van der Waals surface area contributed by atoms with E-state index in [1.807, 2.05) is 19.9 Å². The van der Waals surface area contributed by atoms with Crippen LogP contribution in [-0.4, -0.2) is 64.4 Å². The van der Waals surface area contributed by atoms with Gasteiger partial charge >= 0.3 is 0 Å². The zero-order valence-electron chi connectivity index (χ0n) is 15.0. The van der Waals surface area contributed by atoms with Crippen molar-refractivity contribution in [1.82, 2.24) is 19.8 Å². The highest BCUT2D eigenvalue weighted by molar-refractivity contribution is 5.85. The summed E-state index contributed by atoms with van der Waals surface area (Å²) in [4.78, 5) is 37.2. The van der Waals surface area contributed by atoms with Gasteiger partial charge in [-0.25, -0.2) is 9.97 Å². The lowest BCUT2D eigenvalue weighted by molar-refractivity contribution is -0.145. The SMILES string of the molecule is Cc1cc(C)nc(C2CN(C(=O)CN3CCCCCC3=O)CCO2)n1. The molecule has 0 aliphatic carbocycles. The number of rotatable bonds is 3. The van der Waals surface area contributed by atoms with Crippen molar-refractivity contribution in [2.45, 2.75) is 45.6 Å². The minimum absolute atomic E-state index is 0.0204. The molecule has 2 saturated heterocycles. The van der Waals surface area contributed by atoms with E-state index in [9.17, 15) is 9.59 Å². The molecule has 2 fully saturated rings. The summed E-state index contributed by atoms with van der Waals surface area (Å²) in [7, 11) is 0. The Labute approximate surface area is 148 Å². The molecule has 7 nitrogen and oxygen atoms in total. The molecule has 0 aromatic carbocycles. The standard InChI is InChI=1S/C18H26N4O3/c1-13-10-14(2)20-18(19-13)15-11-22(8-9-25-15)17(24)12-21-7-5-3-4-6-16(21)23/h10,15H,3-9,11-12H2,1-2H3. The third-order valence-electron chi connectivity index (χ3n) is 4.70. The van der Waals surface area contributed by atoms with Crippen molar-refractivity contribution < 1.29 is 14.3 Å². The molecule has 7 heteroatoms. The third-order valence-corrected chi connectivity index (χ3v) is 4.70. The van der Waals surface area contributed by atoms with Crippen LogP contribution in [0.2, 0.25) is 0 Å². The Balaban J connectivity index is 1.64. The van der Waals surface area contributed by atoms with E-state index >= 15 is 0 Å². The number of carbonyl (C=O) groups is 2. The number of amides is 2. The van der Waals surface area contributed by atoms with Gasteiger partial charge in [-0.1, -0.05) is 6.42 Å². The Hall–Kier alpha value is -2.02. The van der Waals surface area contributed by atoms with Gasteiger partial charge in [-0.3, -0.25) is 9.59 Å². The predicted octanol–water partition coefficient (Wildman–Crippen LogP) is 1.40. The summed E-state index contributed by atoms with van der Waals surface area (Å²) in [6.45, 7) is 6.13. The number of hydrogen-bond donors (Lipinski definition) is 0. The Kier molecular flexibility index (Phi) is 5.63. The van der Waals surface area contributed by atoms with Crippen LogP contribution in [-0.2, 0) is 14.3 Å². The summed E-state index contributed by atoms with van der Waals surface area (Å²) in [6.07, 6.45) is 3.19. The predicted molar refractivity (Wildman–Crippen MR) is 91.8 cm³/mol. The molecule has 2 amide bonds. The van der Waals surface area contributed by atoms with Gasteiger partial charge in [-0.2, -0.15) is 0 Å². The van der Waals surface area contributed by atoms with Crippen molar-refractivity contribution >= 4 is 11.8 Å². The Morgan fingerprint density at radius 3 is 2.72 bits per heavy atom. The number of ether oxygens (including phenoxy) is 1. The zero-order chi connectivity index (χ0) is 17.8. The Bertz CT molecular complexity index is 629. The molecule has 1 atom stereocenters. The monoisotopic (exact) mass is 346 g/mol. The molecule has 0 N–H and O–H groups in total. The van der Waals surface area contributed by atoms with E-state index in [2.05, 4.69) is 9.97 Å². The molecular formula is C18H26N4O3. The number of hydrogen-bond acceptors (Lipinski definition) is 5. The zero-order valence-corrected chi connectivity index (χ0v) is 15.0. The Morgan fingerprint density at radius 1 is 1.20 bits per heavy atom. The van der Waals surface area contributed by atoms with Crippen LogP contribution < -0.4 is 0 Å². The summed E-state index contributed by atoms with van der Waals surface area (Å²) < 4.78 is 5.79. The van der Waals surface area contributed by atoms with Crippen LogP contribution in [0.1, 0.15) is 49.0 Å². The van der Waals surface area contributed by atoms with E-state index in [0.717, 1.165) is 30.7 Å². The fourth-order valence-corrected chi connectivity index (χ4v) is 3.40. The number of aryl methyl sites for hydroxylation is 2. The lowest BCUT2D eigenvalue weighted by Gasteiger charge is -2.33. The maximum absolute atomic E-state index is 12.7. The summed E-state index contributed by atoms with van der Waals surface area (Å²) in [6, 6.07) is 1.92. The third kappa shape index (κ3) is 4.54. The largest absolute Gasteiger partial charge is 0.367 e. The van der Waals surface area contributed by atoms with E-state index in [0.29, 0.717) is 38.5 Å². The Morgan fingerprint density at radius 2 is 1.96 bits per heavy atom. The van der Waals surface area contributed by atoms with Crippen molar-refractivity contribution in [3.63, 3.8) is 0 Å². The maximum atomic E-state index is 12.7. The molecule has 0 spiro atoms. The molecule has 2 aliphatic heterocycles. The molecule has 0 bridgehead atoms. The van der Waals surface area contributed by atoms with Crippen LogP contribution in [0.15, 0.2) is 6.07 Å². The van der Waals surface area contributed by atoms with E-state index in [4.69, 9.17) is 4.74 Å². The van der Waals surface area contributed by atoms with Gasteiger partial charge in [-0.05, 0) is 32.8 Å². The van der Waals surface area contributed by atoms with Gasteiger partial charge in [0.2, 0.25) is 11.8 Å². The molecule has 1 aromatic rings. The molecule has 0 radical (unpaired) electrons. The number of morpholine rings is 1. The second-order valence-corrected chi connectivity index (χ2v) is 6.83. The fraction of sp³-hybridized carbons (Fsp3) is 0.667. The van der Waals surface area contributed by atoms with E-state index in [-0.39, 0.29) is 24.5 Å². The summed E-state index contributed by atoms with van der Waals surface area (Å²) >= 11 is 0. The van der Waals surface area contributed by atoms with Gasteiger partial charge in [0.05, 0.1) is 19.7 Å². The van der Waals surface area contributed by atoms with Gasteiger partial charge in [0.25, 0.3) is 0 Å². The number of carbonyl (C=O) groups excluding carboxylic acids is 2. The van der Waals surface area contributed by atoms with E-state index in [1.54, 1.807) is 9.80 Å². The molecular weight excluding hydrogens is 320 g/mol. The molecule has 1 unspecified atom stereocenters. The van der Waals surface area contributed by atoms with Crippen molar-refractivity contribution in [1.29, 1.82) is 0 Å². The molecule has 25 heavy (non-hydrogen) atoms. The molecule has 1 aromatic heterocycles. The average molecular weight is 346 g/mol. The van der Waals surface area contributed by atoms with Crippen LogP contribution in [0.3, 0.4) is 0 Å². The first-order valence-corrected chi connectivity index (χ1v) is 9.02. The van der Waals surface area contributed by atoms with Gasteiger partial charge in [-0.15, -0.1) is 0 Å². The molecule has 3 rings (SSSR count). The molecule has 2 aliphatic rings. The van der Waals surface area contributed by atoms with Crippen molar-refractivity contribution in [3.05, 3.63) is 23.3 Å². The topological polar surface area (TPSA) is 75.6 Å². The first-order valence-electron chi connectivity index (χ1n) is 9.02. The summed E-state index contributed by atoms with van der Waals surface area (Å²) in [5, 5.41) is 0. The molecule has 3 heterocycles. The first-order chi connectivity index (χ1) is 12.0. The van der Waals surface area contributed by atoms with Crippen molar-refractivity contribution in [2.24, 2.45) is 0 Å². The second-order valence-electron chi connectivity index (χ2n) is 6.83. The lowest BCUT2D eigenvalue weighted by atomic mass is 10.2. The van der Waals surface area contributed by atoms with Crippen LogP contribution in [0.25, 0.3) is 0 Å². The maximum Gasteiger partial charge on any atom is 0.242 e. The van der Waals surface area contributed by atoms with Gasteiger partial charge < -0.3 is 14.5 Å². The van der Waals surface area contributed by atoms with Crippen molar-refractivity contribution in [2.75, 3.05) is 32.8 Å². The number of likely N-dealkylation sites (tertiary alicyclic amines) is 1. The van der Waals surface area contributed by atoms with Crippen molar-refractivity contribution in [3.8, 4) is 0 Å². The van der Waals surface area contributed by atoms with E-state index in [1.165, 1.54) is 0 Å². The smallest absolute Gasteiger partial charge is 0.242 e. The second kappa shape index (κ2) is 7.91. The summed E-state index contributed by atoms with van der Waals surface area (Å²) in [5.74, 6) is 0.696. The molecule has 0 saturated carbocycles. The lowest BCUT2D eigenvalue weighted by Crippen LogP contribution is -2.48. The van der Waals surface area contributed by atoms with Gasteiger partial charge in [0, 0.05) is 30.9 Å². The minimum Gasteiger partial charge on any atom is -0.367 e. The van der Waals surface area contributed by atoms with Crippen LogP contribution in [0.4, 0.5) is 0 Å². The highest BCUT2D eigenvalue weighted by Crippen LogP contribution is 2.20. The van der Waals surface area contributed by atoms with Crippen LogP contribution in [0, 0.1) is 13.8 Å². The number of nitrogens with zero attached hydrogens (tertiary/aromatic N) is 4. The van der Waals surface area contributed by atoms with E-state index < -0.39 is 0 Å². The normalized spacial score (nSPS) is 22.0. The minimum atomic E-state index is -0.309. The van der Waals surface area contributed by atoms with Gasteiger partial charge in [0.15, 0.2) is 5.82 Å². The quantitative estimate of drug-likeness (QED) is 0.827. The number of aromatic nitrogens is 2.